The molecule has 0 N–H and O–H groups in total. The van der Waals surface area contributed by atoms with Gasteiger partial charge in [-0.05, 0) is 67.4 Å². The number of fused-ring (bicyclic) bond motifs is 1. The predicted molar refractivity (Wildman–Crippen MR) is 143 cm³/mol. The van der Waals surface area contributed by atoms with Gasteiger partial charge in [0.05, 0.1) is 5.69 Å². The van der Waals surface area contributed by atoms with E-state index in [-0.39, 0.29) is 5.91 Å². The summed E-state index contributed by atoms with van der Waals surface area (Å²) in [5, 5.41) is 4.01. The average Bonchev–Trinajstić information content (AvgIpc) is 3.14. The number of nitrogens with zero attached hydrogens (tertiary/aromatic N) is 3. The first-order valence-electron chi connectivity index (χ1n) is 13.1. The minimum atomic E-state index is -0.662. The summed E-state index contributed by atoms with van der Waals surface area (Å²) in [6.45, 7) is 6.44. The molecule has 1 saturated heterocycles. The number of carbonyl (C=O) groups excluding carboxylic acids is 1. The summed E-state index contributed by atoms with van der Waals surface area (Å²) in [4.78, 5) is 17.1. The van der Waals surface area contributed by atoms with E-state index in [0.717, 1.165) is 42.1 Å². The highest BCUT2D eigenvalue weighted by Gasteiger charge is 2.52. The minimum Gasteiger partial charge on any atom is -0.303 e. The van der Waals surface area contributed by atoms with Crippen molar-refractivity contribution < 1.29 is 4.79 Å². The zero-order valence-corrected chi connectivity index (χ0v) is 21.1. The second-order valence-corrected chi connectivity index (χ2v) is 10.4. The van der Waals surface area contributed by atoms with Crippen LogP contribution in [0.15, 0.2) is 84.9 Å². The van der Waals surface area contributed by atoms with Crippen LogP contribution in [0, 0.1) is 5.92 Å². The van der Waals surface area contributed by atoms with E-state index in [1.54, 1.807) is 0 Å². The van der Waals surface area contributed by atoms with Crippen LogP contribution in [0.3, 0.4) is 0 Å². The Balaban J connectivity index is 1.48. The SMILES string of the molecule is CC1CCCN(CCCC2(c3ccccc3)C(=O)N(N(C)Cc3ccccc3)c3ccccc32)C1. The highest BCUT2D eigenvalue weighted by molar-refractivity contribution is 6.09. The van der Waals surface area contributed by atoms with Gasteiger partial charge in [0.25, 0.3) is 5.91 Å². The Bertz CT molecular complexity index is 1130. The first-order chi connectivity index (χ1) is 17.1. The quantitative estimate of drug-likeness (QED) is 0.414. The Kier molecular flexibility index (Phi) is 7.03. The molecule has 3 aromatic carbocycles. The van der Waals surface area contributed by atoms with Crippen LogP contribution in [0.4, 0.5) is 5.69 Å². The van der Waals surface area contributed by atoms with Gasteiger partial charge in [0, 0.05) is 20.1 Å². The number of para-hydroxylation sites is 1. The summed E-state index contributed by atoms with van der Waals surface area (Å²) in [6, 6.07) is 29.2. The Hall–Kier alpha value is -2.95. The summed E-state index contributed by atoms with van der Waals surface area (Å²) < 4.78 is 0. The van der Waals surface area contributed by atoms with E-state index in [1.165, 1.54) is 31.5 Å². The monoisotopic (exact) mass is 467 g/mol. The summed E-state index contributed by atoms with van der Waals surface area (Å²) >= 11 is 0. The van der Waals surface area contributed by atoms with Crippen molar-refractivity contribution in [3.63, 3.8) is 0 Å². The normalized spacial score (nSPS) is 22.5. The lowest BCUT2D eigenvalue weighted by molar-refractivity contribution is -0.124. The zero-order chi connectivity index (χ0) is 24.3. The third-order valence-corrected chi connectivity index (χ3v) is 7.78. The molecule has 182 valence electrons. The smallest absolute Gasteiger partial charge is 0.256 e. The molecule has 0 bridgehead atoms. The maximum absolute atomic E-state index is 14.5. The summed E-state index contributed by atoms with van der Waals surface area (Å²) in [5.74, 6) is 0.929. The van der Waals surface area contributed by atoms with Gasteiger partial charge in [0.2, 0.25) is 0 Å². The molecule has 1 amide bonds. The molecule has 4 heteroatoms. The Morgan fingerprint density at radius 2 is 1.63 bits per heavy atom. The molecule has 2 unspecified atom stereocenters. The van der Waals surface area contributed by atoms with Gasteiger partial charge in [-0.15, -0.1) is 0 Å². The van der Waals surface area contributed by atoms with Crippen LogP contribution >= 0.6 is 0 Å². The van der Waals surface area contributed by atoms with Crippen LogP contribution in [0.2, 0.25) is 0 Å². The molecule has 5 rings (SSSR count). The predicted octanol–water partition coefficient (Wildman–Crippen LogP) is 5.88. The lowest BCUT2D eigenvalue weighted by Gasteiger charge is -2.34. The van der Waals surface area contributed by atoms with Gasteiger partial charge in [0.15, 0.2) is 0 Å². The highest BCUT2D eigenvalue weighted by atomic mass is 16.2. The van der Waals surface area contributed by atoms with E-state index >= 15 is 0 Å². The van der Waals surface area contributed by atoms with Crippen LogP contribution in [-0.2, 0) is 16.8 Å². The molecule has 2 atom stereocenters. The first kappa shape index (κ1) is 23.8. The van der Waals surface area contributed by atoms with Crippen molar-refractivity contribution in [1.29, 1.82) is 0 Å². The molecule has 1 fully saturated rings. The fraction of sp³-hybridized carbons (Fsp3) is 0.387. The van der Waals surface area contributed by atoms with Crippen LogP contribution in [0.1, 0.15) is 49.3 Å². The number of rotatable bonds is 8. The molecule has 2 aliphatic rings. The lowest BCUT2D eigenvalue weighted by atomic mass is 9.72. The van der Waals surface area contributed by atoms with Crippen molar-refractivity contribution in [2.24, 2.45) is 5.92 Å². The molecule has 0 saturated carbocycles. The van der Waals surface area contributed by atoms with Crippen LogP contribution < -0.4 is 5.01 Å². The highest BCUT2D eigenvalue weighted by Crippen LogP contribution is 2.49. The van der Waals surface area contributed by atoms with E-state index in [9.17, 15) is 4.79 Å². The Labute approximate surface area is 210 Å². The number of hydrazine groups is 1. The van der Waals surface area contributed by atoms with Crippen molar-refractivity contribution in [1.82, 2.24) is 9.91 Å². The van der Waals surface area contributed by atoms with Gasteiger partial charge in [-0.25, -0.2) is 10.0 Å². The number of likely N-dealkylation sites (tertiary alicyclic amines) is 1. The zero-order valence-electron chi connectivity index (χ0n) is 21.1. The van der Waals surface area contributed by atoms with Crippen molar-refractivity contribution in [2.75, 3.05) is 31.7 Å². The van der Waals surface area contributed by atoms with Crippen molar-refractivity contribution in [2.45, 2.75) is 44.6 Å². The third-order valence-electron chi connectivity index (χ3n) is 7.78. The molecule has 0 spiro atoms. The van der Waals surface area contributed by atoms with Gasteiger partial charge in [0.1, 0.15) is 5.41 Å². The largest absolute Gasteiger partial charge is 0.303 e. The molecule has 0 radical (unpaired) electrons. The van der Waals surface area contributed by atoms with Gasteiger partial charge >= 0.3 is 0 Å². The summed E-state index contributed by atoms with van der Waals surface area (Å²) in [7, 11) is 2.03. The number of hydrogen-bond donors (Lipinski definition) is 0. The lowest BCUT2D eigenvalue weighted by Crippen LogP contribution is -2.48. The number of hydrogen-bond acceptors (Lipinski definition) is 3. The molecule has 4 nitrogen and oxygen atoms in total. The number of carbonyl (C=O) groups is 1. The van der Waals surface area contributed by atoms with E-state index < -0.39 is 5.41 Å². The average molecular weight is 468 g/mol. The first-order valence-corrected chi connectivity index (χ1v) is 13.1. The van der Waals surface area contributed by atoms with Crippen LogP contribution in [0.25, 0.3) is 0 Å². The van der Waals surface area contributed by atoms with Crippen molar-refractivity contribution in [3.05, 3.63) is 102 Å². The summed E-state index contributed by atoms with van der Waals surface area (Å²) in [6.07, 6.45) is 4.43. The molecular weight excluding hydrogens is 430 g/mol. The second kappa shape index (κ2) is 10.3. The van der Waals surface area contributed by atoms with Gasteiger partial charge in [-0.2, -0.15) is 0 Å². The molecule has 35 heavy (non-hydrogen) atoms. The molecule has 2 heterocycles. The Morgan fingerprint density at radius 3 is 2.37 bits per heavy atom. The van der Waals surface area contributed by atoms with Crippen molar-refractivity contribution >= 4 is 11.6 Å². The molecule has 0 aliphatic carbocycles. The maximum Gasteiger partial charge on any atom is 0.256 e. The standard InChI is InChI=1S/C31H37N3O/c1-25-13-11-21-33(23-25)22-12-20-31(27-16-7-4-8-17-27)28-18-9-10-19-29(28)34(30(31)35)32(2)24-26-14-5-3-6-15-26/h3-10,14-19,25H,11-13,20-24H2,1-2H3. The van der Waals surface area contributed by atoms with E-state index in [0.29, 0.717) is 6.54 Å². The van der Waals surface area contributed by atoms with E-state index in [2.05, 4.69) is 83.6 Å². The van der Waals surface area contributed by atoms with Gasteiger partial charge in [-0.1, -0.05) is 85.8 Å². The maximum atomic E-state index is 14.5. The van der Waals surface area contributed by atoms with E-state index in [1.807, 2.05) is 30.3 Å². The topological polar surface area (TPSA) is 26.8 Å². The number of amides is 1. The number of benzene rings is 3. The fourth-order valence-electron chi connectivity index (χ4n) is 6.13. The van der Waals surface area contributed by atoms with Crippen LogP contribution in [-0.4, -0.2) is 42.5 Å². The molecule has 3 aromatic rings. The van der Waals surface area contributed by atoms with E-state index in [4.69, 9.17) is 0 Å². The third kappa shape index (κ3) is 4.65. The molecule has 0 aromatic heterocycles. The number of piperidine rings is 1. The molecule has 2 aliphatic heterocycles. The summed E-state index contributed by atoms with van der Waals surface area (Å²) in [5.41, 5.74) is 3.76. The second-order valence-electron chi connectivity index (χ2n) is 10.4. The number of anilines is 1. The van der Waals surface area contributed by atoms with Crippen LogP contribution in [0.5, 0.6) is 0 Å². The molecular formula is C31H37N3O. The fourth-order valence-corrected chi connectivity index (χ4v) is 6.13. The van der Waals surface area contributed by atoms with Gasteiger partial charge < -0.3 is 4.90 Å². The van der Waals surface area contributed by atoms with Crippen molar-refractivity contribution in [3.8, 4) is 0 Å². The van der Waals surface area contributed by atoms with Gasteiger partial charge in [-0.3, -0.25) is 4.79 Å². The Morgan fingerprint density at radius 1 is 0.943 bits per heavy atom. The minimum absolute atomic E-state index is 0.162.